The van der Waals surface area contributed by atoms with Crippen molar-refractivity contribution >= 4 is 11.8 Å². The number of carbonyl (C=O) groups is 2. The van der Waals surface area contributed by atoms with Crippen LogP contribution in [0.2, 0.25) is 0 Å². The fraction of sp³-hybridized carbons (Fsp3) is 0.875. The quantitative estimate of drug-likeness (QED) is 0.780. The molecule has 4 atom stereocenters. The van der Waals surface area contributed by atoms with Crippen LogP contribution in [0.25, 0.3) is 0 Å². The second-order valence-corrected chi connectivity index (χ2v) is 6.32. The van der Waals surface area contributed by atoms with E-state index in [-0.39, 0.29) is 29.8 Å². The number of hydrogen-bond acceptors (Lipinski definition) is 3. The van der Waals surface area contributed by atoms with Crippen LogP contribution in [0.3, 0.4) is 0 Å². The zero-order valence-corrected chi connectivity index (χ0v) is 14.2. The monoisotopic (exact) mass is 298 g/mol. The van der Waals surface area contributed by atoms with Crippen LogP contribution in [-0.4, -0.2) is 48.1 Å². The average molecular weight is 298 g/mol. The third-order valence-corrected chi connectivity index (χ3v) is 4.20. The summed E-state index contributed by atoms with van der Waals surface area (Å²) in [6, 6.07) is -0.813. The minimum absolute atomic E-state index is 0.0224. The van der Waals surface area contributed by atoms with Crippen LogP contribution in [0.5, 0.6) is 0 Å². The van der Waals surface area contributed by atoms with E-state index in [0.29, 0.717) is 13.2 Å². The molecule has 0 aromatic carbocycles. The van der Waals surface area contributed by atoms with E-state index in [1.54, 1.807) is 4.90 Å². The molecule has 0 saturated carbocycles. The Balaban J connectivity index is 2.97. The van der Waals surface area contributed by atoms with Crippen LogP contribution in [0, 0.1) is 11.8 Å². The Bertz CT molecular complexity index is 371. The molecule has 1 N–H and O–H groups in total. The predicted octanol–water partition coefficient (Wildman–Crippen LogP) is 1.81. The van der Waals surface area contributed by atoms with Gasteiger partial charge in [-0.1, -0.05) is 34.1 Å². The predicted molar refractivity (Wildman–Crippen MR) is 82.8 cm³/mol. The van der Waals surface area contributed by atoms with Gasteiger partial charge in [0.25, 0.3) is 0 Å². The maximum absolute atomic E-state index is 12.8. The van der Waals surface area contributed by atoms with Crippen LogP contribution in [0.4, 0.5) is 0 Å². The number of nitrogens with zero attached hydrogens (tertiary/aromatic N) is 1. The van der Waals surface area contributed by atoms with Crippen LogP contribution < -0.4 is 5.32 Å². The molecule has 0 aromatic heterocycles. The molecular weight excluding hydrogens is 268 g/mol. The molecule has 0 aromatic rings. The van der Waals surface area contributed by atoms with Crippen molar-refractivity contribution in [2.75, 3.05) is 13.2 Å². The van der Waals surface area contributed by atoms with Gasteiger partial charge in [-0.2, -0.15) is 0 Å². The van der Waals surface area contributed by atoms with Crippen molar-refractivity contribution in [2.24, 2.45) is 11.8 Å². The average Bonchev–Trinajstić information content (AvgIpc) is 2.41. The number of ether oxygens (including phenoxy) is 1. The van der Waals surface area contributed by atoms with Gasteiger partial charge in [0.2, 0.25) is 11.8 Å². The molecule has 1 heterocycles. The molecule has 1 fully saturated rings. The number of hydrogen-bond donors (Lipinski definition) is 1. The van der Waals surface area contributed by atoms with E-state index >= 15 is 0 Å². The lowest BCUT2D eigenvalue weighted by molar-refractivity contribution is -0.154. The zero-order chi connectivity index (χ0) is 16.2. The first-order chi connectivity index (χ1) is 9.83. The van der Waals surface area contributed by atoms with Gasteiger partial charge in [0.15, 0.2) is 0 Å². The lowest BCUT2D eigenvalue weighted by Gasteiger charge is -2.43. The minimum Gasteiger partial charge on any atom is -0.377 e. The van der Waals surface area contributed by atoms with Crippen LogP contribution >= 0.6 is 0 Å². The number of amides is 2. The van der Waals surface area contributed by atoms with Gasteiger partial charge in [0.1, 0.15) is 12.1 Å². The zero-order valence-electron chi connectivity index (χ0n) is 14.2. The number of rotatable bonds is 7. The molecule has 5 nitrogen and oxygen atoms in total. The molecule has 1 aliphatic heterocycles. The highest BCUT2D eigenvalue weighted by Gasteiger charge is 2.43. The smallest absolute Gasteiger partial charge is 0.246 e. The summed E-state index contributed by atoms with van der Waals surface area (Å²) in [5.41, 5.74) is 0. The normalized spacial score (nSPS) is 26.0. The Labute approximate surface area is 128 Å². The largest absolute Gasteiger partial charge is 0.377 e. The van der Waals surface area contributed by atoms with Gasteiger partial charge >= 0.3 is 0 Å². The summed E-state index contributed by atoms with van der Waals surface area (Å²) in [5.74, 6) is 0.202. The van der Waals surface area contributed by atoms with Crippen molar-refractivity contribution in [3.05, 3.63) is 0 Å². The van der Waals surface area contributed by atoms with Gasteiger partial charge in [-0.15, -0.1) is 0 Å². The SMILES string of the molecule is CCOC(C)CN1C(=O)C(C(C)CC)NC(=O)C1C(C)C. The second-order valence-electron chi connectivity index (χ2n) is 6.32. The molecule has 122 valence electrons. The maximum atomic E-state index is 12.8. The standard InChI is InChI=1S/C16H30N2O3/c1-7-11(5)13-16(20)18(9-12(6)21-8-2)14(10(3)4)15(19)17-13/h10-14H,7-9H2,1-6H3,(H,17,19). The molecule has 5 heteroatoms. The third-order valence-electron chi connectivity index (χ3n) is 4.20. The van der Waals surface area contributed by atoms with Crippen molar-refractivity contribution in [3.8, 4) is 0 Å². The molecule has 4 unspecified atom stereocenters. The van der Waals surface area contributed by atoms with Crippen LogP contribution in [0.15, 0.2) is 0 Å². The molecule has 0 aliphatic carbocycles. The molecule has 0 spiro atoms. The van der Waals surface area contributed by atoms with Crippen molar-refractivity contribution in [1.82, 2.24) is 10.2 Å². The molecular formula is C16H30N2O3. The first-order valence-corrected chi connectivity index (χ1v) is 8.05. The fourth-order valence-corrected chi connectivity index (χ4v) is 2.86. The maximum Gasteiger partial charge on any atom is 0.246 e. The summed E-state index contributed by atoms with van der Waals surface area (Å²) < 4.78 is 5.55. The summed E-state index contributed by atoms with van der Waals surface area (Å²) in [4.78, 5) is 26.9. The van der Waals surface area contributed by atoms with Crippen molar-refractivity contribution in [3.63, 3.8) is 0 Å². The van der Waals surface area contributed by atoms with Crippen molar-refractivity contribution in [1.29, 1.82) is 0 Å². The first kappa shape index (κ1) is 18.0. The molecule has 1 rings (SSSR count). The summed E-state index contributed by atoms with van der Waals surface area (Å²) >= 11 is 0. The Morgan fingerprint density at radius 1 is 1.19 bits per heavy atom. The van der Waals surface area contributed by atoms with E-state index in [2.05, 4.69) is 5.32 Å². The van der Waals surface area contributed by atoms with E-state index < -0.39 is 12.1 Å². The Morgan fingerprint density at radius 3 is 2.29 bits per heavy atom. The first-order valence-electron chi connectivity index (χ1n) is 8.05. The van der Waals surface area contributed by atoms with Gasteiger partial charge < -0.3 is 15.0 Å². The molecule has 0 radical (unpaired) electrons. The lowest BCUT2D eigenvalue weighted by atomic mass is 9.90. The van der Waals surface area contributed by atoms with Gasteiger partial charge in [0, 0.05) is 13.2 Å². The second kappa shape index (κ2) is 7.78. The van der Waals surface area contributed by atoms with Crippen LogP contribution in [-0.2, 0) is 14.3 Å². The van der Waals surface area contributed by atoms with Crippen LogP contribution in [0.1, 0.15) is 48.0 Å². The molecule has 1 aliphatic rings. The number of nitrogens with one attached hydrogen (secondary N) is 1. The van der Waals surface area contributed by atoms with E-state index in [1.165, 1.54) is 0 Å². The summed E-state index contributed by atoms with van der Waals surface area (Å²) in [5, 5.41) is 2.91. The lowest BCUT2D eigenvalue weighted by Crippen LogP contribution is -2.67. The summed E-state index contributed by atoms with van der Waals surface area (Å²) in [7, 11) is 0. The highest BCUT2D eigenvalue weighted by Crippen LogP contribution is 2.22. The van der Waals surface area contributed by atoms with Gasteiger partial charge in [-0.25, -0.2) is 0 Å². The summed E-state index contributed by atoms with van der Waals surface area (Å²) in [6.07, 6.45) is 0.793. The van der Waals surface area contributed by atoms with E-state index in [4.69, 9.17) is 4.74 Å². The fourth-order valence-electron chi connectivity index (χ4n) is 2.86. The highest BCUT2D eigenvalue weighted by molar-refractivity contribution is 5.97. The van der Waals surface area contributed by atoms with Gasteiger partial charge in [-0.3, -0.25) is 9.59 Å². The molecule has 0 bridgehead atoms. The molecule has 1 saturated heterocycles. The summed E-state index contributed by atoms with van der Waals surface area (Å²) in [6.45, 7) is 12.9. The highest BCUT2D eigenvalue weighted by atomic mass is 16.5. The Hall–Kier alpha value is -1.10. The van der Waals surface area contributed by atoms with Crippen molar-refractivity contribution in [2.45, 2.75) is 66.2 Å². The third kappa shape index (κ3) is 4.19. The number of carbonyl (C=O) groups excluding carboxylic acids is 2. The Morgan fingerprint density at radius 2 is 1.81 bits per heavy atom. The molecule has 21 heavy (non-hydrogen) atoms. The van der Waals surface area contributed by atoms with Gasteiger partial charge in [0.05, 0.1) is 6.10 Å². The minimum atomic E-state index is -0.411. The van der Waals surface area contributed by atoms with Crippen molar-refractivity contribution < 1.29 is 14.3 Å². The van der Waals surface area contributed by atoms with E-state index in [9.17, 15) is 9.59 Å². The Kier molecular flexibility index (Phi) is 6.65. The van der Waals surface area contributed by atoms with Gasteiger partial charge in [-0.05, 0) is 25.7 Å². The molecule has 2 amide bonds. The van der Waals surface area contributed by atoms with E-state index in [1.807, 2.05) is 41.5 Å². The topological polar surface area (TPSA) is 58.6 Å². The number of piperazine rings is 1. The van der Waals surface area contributed by atoms with E-state index in [0.717, 1.165) is 6.42 Å².